The Balaban J connectivity index is 0.000000322. The molecule has 6 aromatic rings. The fourth-order valence-electron chi connectivity index (χ4n) is 5.52. The van der Waals surface area contributed by atoms with E-state index < -0.39 is 0 Å². The number of fused-ring (bicyclic) bond motifs is 4. The highest BCUT2D eigenvalue weighted by Crippen LogP contribution is 2.31. The Hall–Kier alpha value is -4.78. The standard InChI is InChI=1S/2C18H16N4O.4ClH.H2O/c2*1-11(19)21-15-3-4-16-14(9-15)10-20-18(22-16)13-2-5-17-12(8-13)6-7-23-17;;;;;/h2*2-5,8-10H,6-7H2,1H3,(H2,19,21);4*1H;1H2. The van der Waals surface area contributed by atoms with Crippen LogP contribution < -0.4 is 20.9 Å². The molecule has 8 rings (SSSR count). The predicted molar refractivity (Wildman–Crippen MR) is 215 cm³/mol. The lowest BCUT2D eigenvalue weighted by Crippen LogP contribution is -2.03. The van der Waals surface area contributed by atoms with Gasteiger partial charge in [-0.25, -0.2) is 29.9 Å². The second kappa shape index (κ2) is 18.5. The third-order valence-electron chi connectivity index (χ3n) is 7.63. The molecule has 6 N–H and O–H groups in total. The van der Waals surface area contributed by atoms with E-state index in [-0.39, 0.29) is 55.1 Å². The molecule has 0 radical (unpaired) electrons. The number of halogens is 4. The van der Waals surface area contributed by atoms with E-state index in [1.807, 2.05) is 73.1 Å². The largest absolute Gasteiger partial charge is 0.493 e. The minimum atomic E-state index is 0. The van der Waals surface area contributed by atoms with Gasteiger partial charge in [-0.05, 0) is 97.8 Å². The minimum absolute atomic E-state index is 0. The van der Waals surface area contributed by atoms with Crippen molar-refractivity contribution in [1.29, 1.82) is 0 Å². The van der Waals surface area contributed by atoms with Crippen molar-refractivity contribution in [3.8, 4) is 34.3 Å². The molecule has 4 aromatic carbocycles. The zero-order valence-corrected chi connectivity index (χ0v) is 31.0. The number of aromatic nitrogens is 4. The molecule has 0 fully saturated rings. The van der Waals surface area contributed by atoms with Gasteiger partial charge in [0.2, 0.25) is 0 Å². The van der Waals surface area contributed by atoms with Crippen LogP contribution in [0, 0.1) is 0 Å². The molecule has 15 heteroatoms. The lowest BCUT2D eigenvalue weighted by molar-refractivity contribution is 0.356. The Bertz CT molecular complexity index is 2040. The summed E-state index contributed by atoms with van der Waals surface area (Å²) in [6.45, 7) is 5.03. The summed E-state index contributed by atoms with van der Waals surface area (Å²) in [5, 5.41) is 1.89. The summed E-state index contributed by atoms with van der Waals surface area (Å²) < 4.78 is 11.1. The van der Waals surface area contributed by atoms with Crippen molar-refractivity contribution >= 4 is 94.5 Å². The highest BCUT2D eigenvalue weighted by atomic mass is 35.5. The molecule has 0 amide bonds. The number of nitrogens with two attached hydrogens (primary N) is 2. The number of amidine groups is 2. The topological polar surface area (TPSA) is 178 Å². The Morgan fingerprint density at radius 1 is 0.588 bits per heavy atom. The quantitative estimate of drug-likeness (QED) is 0.138. The molecule has 0 spiro atoms. The van der Waals surface area contributed by atoms with Crippen LogP contribution in [0.4, 0.5) is 11.4 Å². The smallest absolute Gasteiger partial charge is 0.159 e. The normalized spacial score (nSPS) is 12.5. The van der Waals surface area contributed by atoms with Gasteiger partial charge in [-0.15, -0.1) is 49.6 Å². The van der Waals surface area contributed by atoms with E-state index in [0.717, 1.165) is 93.5 Å². The van der Waals surface area contributed by atoms with Crippen LogP contribution in [0.1, 0.15) is 25.0 Å². The molecule has 0 aliphatic carbocycles. The van der Waals surface area contributed by atoms with Gasteiger partial charge in [0.1, 0.15) is 11.5 Å². The minimum Gasteiger partial charge on any atom is -0.493 e. The van der Waals surface area contributed by atoms with E-state index in [2.05, 4.69) is 42.1 Å². The van der Waals surface area contributed by atoms with E-state index in [9.17, 15) is 0 Å². The first-order chi connectivity index (χ1) is 22.4. The lowest BCUT2D eigenvalue weighted by Gasteiger charge is -2.05. The maximum atomic E-state index is 5.62. The van der Waals surface area contributed by atoms with Crippen LogP contribution in [0.5, 0.6) is 11.5 Å². The van der Waals surface area contributed by atoms with Gasteiger partial charge in [-0.3, -0.25) is 0 Å². The maximum absolute atomic E-state index is 5.62. The van der Waals surface area contributed by atoms with Crippen molar-refractivity contribution in [2.45, 2.75) is 26.7 Å². The first kappa shape index (κ1) is 42.4. The summed E-state index contributed by atoms with van der Waals surface area (Å²) in [4.78, 5) is 26.8. The molecule has 2 aromatic heterocycles. The van der Waals surface area contributed by atoms with Gasteiger partial charge < -0.3 is 26.4 Å². The van der Waals surface area contributed by atoms with Gasteiger partial charge in [-0.1, -0.05) is 0 Å². The number of aliphatic imine (C=N–C) groups is 2. The van der Waals surface area contributed by atoms with Crippen LogP contribution in [0.15, 0.2) is 95.2 Å². The zero-order valence-electron chi connectivity index (χ0n) is 27.7. The van der Waals surface area contributed by atoms with Crippen molar-refractivity contribution in [1.82, 2.24) is 19.9 Å². The van der Waals surface area contributed by atoms with Crippen LogP contribution in [-0.4, -0.2) is 50.3 Å². The Labute approximate surface area is 320 Å². The maximum Gasteiger partial charge on any atom is 0.159 e. The number of hydrogen-bond donors (Lipinski definition) is 2. The molecular formula is C36H38Cl4N8O3. The molecule has 2 aliphatic rings. The zero-order chi connectivity index (χ0) is 31.6. The summed E-state index contributed by atoms with van der Waals surface area (Å²) in [5.74, 6) is 4.44. The van der Waals surface area contributed by atoms with Crippen molar-refractivity contribution in [3.05, 3.63) is 96.3 Å². The van der Waals surface area contributed by atoms with Crippen molar-refractivity contribution in [3.63, 3.8) is 0 Å². The number of benzene rings is 4. The molecule has 4 heterocycles. The van der Waals surface area contributed by atoms with Crippen molar-refractivity contribution in [2.75, 3.05) is 13.2 Å². The number of hydrogen-bond acceptors (Lipinski definition) is 8. The molecular weight excluding hydrogens is 734 g/mol. The van der Waals surface area contributed by atoms with Crippen LogP contribution in [0.3, 0.4) is 0 Å². The Kier molecular flexibility index (Phi) is 15.3. The SMILES string of the molecule is CC(N)=Nc1ccc2nc(-c3ccc4c(c3)CCO4)ncc2c1.CC(N)=Nc1ccc2nc(-c3ccc4c(c3)CCO4)ncc2c1.Cl.Cl.Cl.Cl.O. The van der Waals surface area contributed by atoms with E-state index in [4.69, 9.17) is 20.9 Å². The molecule has 11 nitrogen and oxygen atoms in total. The first-order valence-electron chi connectivity index (χ1n) is 15.1. The molecule has 0 saturated heterocycles. The van der Waals surface area contributed by atoms with Crippen LogP contribution in [-0.2, 0) is 12.8 Å². The first-order valence-corrected chi connectivity index (χ1v) is 15.1. The molecule has 2 aliphatic heterocycles. The summed E-state index contributed by atoms with van der Waals surface area (Å²) in [6.07, 6.45) is 5.53. The summed E-state index contributed by atoms with van der Waals surface area (Å²) in [6, 6.07) is 23.8. The highest BCUT2D eigenvalue weighted by Gasteiger charge is 2.15. The third-order valence-corrected chi connectivity index (χ3v) is 7.63. The van der Waals surface area contributed by atoms with Crippen molar-refractivity contribution < 1.29 is 14.9 Å². The van der Waals surface area contributed by atoms with Crippen LogP contribution >= 0.6 is 49.6 Å². The fourth-order valence-corrected chi connectivity index (χ4v) is 5.52. The van der Waals surface area contributed by atoms with E-state index in [1.54, 1.807) is 13.8 Å². The van der Waals surface area contributed by atoms with Gasteiger partial charge in [0.25, 0.3) is 0 Å². The lowest BCUT2D eigenvalue weighted by atomic mass is 10.1. The molecule has 0 unspecified atom stereocenters. The molecule has 0 bridgehead atoms. The molecule has 0 atom stereocenters. The number of rotatable bonds is 4. The monoisotopic (exact) mass is 770 g/mol. The van der Waals surface area contributed by atoms with Gasteiger partial charge in [-0.2, -0.15) is 0 Å². The Morgan fingerprint density at radius 3 is 1.39 bits per heavy atom. The second-order valence-corrected chi connectivity index (χ2v) is 11.2. The number of ether oxygens (including phenoxy) is 2. The number of nitrogens with zero attached hydrogens (tertiary/aromatic N) is 6. The van der Waals surface area contributed by atoms with E-state index in [1.165, 1.54) is 11.1 Å². The summed E-state index contributed by atoms with van der Waals surface area (Å²) in [5.41, 5.74) is 19.1. The van der Waals surface area contributed by atoms with E-state index in [0.29, 0.717) is 11.7 Å². The third kappa shape index (κ3) is 9.72. The summed E-state index contributed by atoms with van der Waals surface area (Å²) >= 11 is 0. The van der Waals surface area contributed by atoms with Crippen LogP contribution in [0.2, 0.25) is 0 Å². The average molecular weight is 773 g/mol. The van der Waals surface area contributed by atoms with Gasteiger partial charge in [0, 0.05) is 47.1 Å². The van der Waals surface area contributed by atoms with E-state index >= 15 is 0 Å². The van der Waals surface area contributed by atoms with Crippen LogP contribution in [0.25, 0.3) is 44.6 Å². The van der Waals surface area contributed by atoms with Gasteiger partial charge in [0.15, 0.2) is 11.6 Å². The second-order valence-electron chi connectivity index (χ2n) is 11.2. The average Bonchev–Trinajstić information content (AvgIpc) is 3.73. The fraction of sp³-hybridized carbons (Fsp3) is 0.167. The van der Waals surface area contributed by atoms with Gasteiger partial charge >= 0.3 is 0 Å². The molecule has 268 valence electrons. The molecule has 0 saturated carbocycles. The molecule has 51 heavy (non-hydrogen) atoms. The van der Waals surface area contributed by atoms with Gasteiger partial charge in [0.05, 0.1) is 47.3 Å². The highest BCUT2D eigenvalue weighted by molar-refractivity contribution is 5.87. The predicted octanol–water partition coefficient (Wildman–Crippen LogP) is 7.34. The summed E-state index contributed by atoms with van der Waals surface area (Å²) in [7, 11) is 0. The van der Waals surface area contributed by atoms with Crippen molar-refractivity contribution in [2.24, 2.45) is 21.5 Å². The Morgan fingerprint density at radius 2 is 1.00 bits per heavy atom.